The molecule has 2 amide bonds. The maximum atomic E-state index is 13.8. The van der Waals surface area contributed by atoms with E-state index in [1.807, 2.05) is 121 Å². The number of halogens is 4. The Morgan fingerprint density at radius 1 is 0.548 bits per heavy atom. The first kappa shape index (κ1) is 48.5. The molecule has 5 heterocycles. The predicted molar refractivity (Wildman–Crippen MR) is 272 cm³/mol. The molecule has 73 heavy (non-hydrogen) atoms. The minimum atomic E-state index is -2.64. The average Bonchev–Trinajstić information content (AvgIpc) is 4.21. The number of carbonyl (C=O) groups excluding carboxylic acids is 3. The van der Waals surface area contributed by atoms with Crippen molar-refractivity contribution in [3.05, 3.63) is 178 Å². The smallest absolute Gasteiger partial charge is 0.273 e. The van der Waals surface area contributed by atoms with E-state index < -0.39 is 11.8 Å². The molecule has 1 aliphatic carbocycles. The molecule has 0 spiro atoms. The standard InChI is InChI=1S/C28H25F2N5O.C24H18N4O2.C5H8F2/c29-28(30)11-12-34(17-28)14-21-7-3-4-8-22(21)18-9-10-24-23(13-18)25(33-27(31)32-24)26(36)35-15-19-5-1-2-6-20(19)16-35;25-24-26-21-10-9-15(19-8-4-3-7-18(19)14-29)11-20(21)22(27-24)23(30)28-12-16-5-1-2-6-17(16)13-28;6-5(7)3-1-2-4-5/h1-10,13H,11-12,14-17H2,(H2,31,32,33);1-11,14H,12-13H2,(H2,25,26,27);1-4H2. The Bertz CT molecular complexity index is 3370. The summed E-state index contributed by atoms with van der Waals surface area (Å²) >= 11 is 0. The molecule has 2 aromatic heterocycles. The zero-order valence-electron chi connectivity index (χ0n) is 39.8. The third kappa shape index (κ3) is 10.6. The molecule has 370 valence electrons. The summed E-state index contributed by atoms with van der Waals surface area (Å²) in [4.78, 5) is 61.0. The number of rotatable bonds is 7. The van der Waals surface area contributed by atoms with E-state index in [0.717, 1.165) is 56.4 Å². The minimum Gasteiger partial charge on any atom is -0.368 e. The van der Waals surface area contributed by atoms with Gasteiger partial charge >= 0.3 is 0 Å². The SMILES string of the molecule is FC1(F)CCCC1.Nc1nc(C(=O)N2Cc3ccccc3C2)c2cc(-c3ccccc3C=O)ccc2n1.Nc1nc(C(=O)N2Cc3ccccc3C2)c2cc(-c3ccccc3CN3CCC(F)(F)C3)ccc2n1. The molecular formula is C57H51F4N9O3. The lowest BCUT2D eigenvalue weighted by Crippen LogP contribution is -2.27. The van der Waals surface area contributed by atoms with Crippen LogP contribution in [0.15, 0.2) is 133 Å². The number of carbonyl (C=O) groups is 3. The van der Waals surface area contributed by atoms with Crippen molar-refractivity contribution in [1.29, 1.82) is 0 Å². The lowest BCUT2D eigenvalue weighted by molar-refractivity contribution is 0.00910. The zero-order valence-corrected chi connectivity index (χ0v) is 39.8. The van der Waals surface area contributed by atoms with Gasteiger partial charge in [0.25, 0.3) is 17.7 Å². The van der Waals surface area contributed by atoms with Crippen LogP contribution < -0.4 is 11.5 Å². The van der Waals surface area contributed by atoms with Crippen molar-refractivity contribution in [3.8, 4) is 22.3 Å². The highest BCUT2D eigenvalue weighted by atomic mass is 19.3. The molecule has 2 fully saturated rings. The van der Waals surface area contributed by atoms with Gasteiger partial charge in [0, 0.05) is 74.9 Å². The van der Waals surface area contributed by atoms with Gasteiger partial charge in [-0.2, -0.15) is 0 Å². The van der Waals surface area contributed by atoms with Gasteiger partial charge in [0.05, 0.1) is 17.6 Å². The maximum absolute atomic E-state index is 13.8. The van der Waals surface area contributed by atoms with Crippen molar-refractivity contribution in [3.63, 3.8) is 0 Å². The van der Waals surface area contributed by atoms with Crippen molar-refractivity contribution in [1.82, 2.24) is 34.6 Å². The van der Waals surface area contributed by atoms with Gasteiger partial charge in [0.1, 0.15) is 11.4 Å². The van der Waals surface area contributed by atoms with Gasteiger partial charge < -0.3 is 21.3 Å². The highest BCUT2D eigenvalue weighted by Gasteiger charge is 2.38. The lowest BCUT2D eigenvalue weighted by atomic mass is 9.97. The number of likely N-dealkylation sites (tertiary alicyclic amines) is 1. The number of aromatic nitrogens is 4. The number of benzene rings is 6. The fraction of sp³-hybridized carbons (Fsp3) is 0.246. The molecule has 0 atom stereocenters. The summed E-state index contributed by atoms with van der Waals surface area (Å²) < 4.78 is 51.4. The topological polar surface area (TPSA) is 165 Å². The number of amides is 2. The fourth-order valence-electron chi connectivity index (χ4n) is 10.1. The van der Waals surface area contributed by atoms with Gasteiger partial charge in [-0.25, -0.2) is 37.5 Å². The molecule has 0 unspecified atom stereocenters. The Balaban J connectivity index is 0.000000149. The van der Waals surface area contributed by atoms with Gasteiger partial charge in [-0.15, -0.1) is 0 Å². The number of alkyl halides is 4. The van der Waals surface area contributed by atoms with Gasteiger partial charge in [0.15, 0.2) is 6.29 Å². The first-order valence-corrected chi connectivity index (χ1v) is 24.2. The third-order valence-corrected chi connectivity index (χ3v) is 13.8. The van der Waals surface area contributed by atoms with Crippen LogP contribution in [-0.4, -0.2) is 77.7 Å². The van der Waals surface area contributed by atoms with Crippen molar-refractivity contribution in [2.24, 2.45) is 0 Å². The lowest BCUT2D eigenvalue weighted by Gasteiger charge is -2.19. The molecule has 12 rings (SSSR count). The normalized spacial score (nSPS) is 16.3. The Labute approximate surface area is 418 Å². The van der Waals surface area contributed by atoms with Crippen LogP contribution in [0.2, 0.25) is 0 Å². The van der Waals surface area contributed by atoms with Crippen LogP contribution >= 0.6 is 0 Å². The zero-order chi connectivity index (χ0) is 50.9. The number of nitrogen functional groups attached to an aromatic ring is 2. The summed E-state index contributed by atoms with van der Waals surface area (Å²) in [5.41, 5.74) is 23.1. The summed E-state index contributed by atoms with van der Waals surface area (Å²) in [6.45, 7) is 2.67. The summed E-state index contributed by atoms with van der Waals surface area (Å²) in [5.74, 6) is -5.23. The Kier molecular flexibility index (Phi) is 13.4. The number of anilines is 2. The highest BCUT2D eigenvalue weighted by molar-refractivity contribution is 6.07. The average molecular weight is 986 g/mol. The number of aldehydes is 1. The number of fused-ring (bicyclic) bond motifs is 4. The summed E-state index contributed by atoms with van der Waals surface area (Å²) in [5, 5.41) is 1.23. The summed E-state index contributed by atoms with van der Waals surface area (Å²) in [6.07, 6.45) is 2.38. The second-order valence-electron chi connectivity index (χ2n) is 18.9. The van der Waals surface area contributed by atoms with E-state index in [2.05, 4.69) is 19.9 Å². The molecule has 3 aliphatic heterocycles. The molecule has 4 aliphatic rings. The van der Waals surface area contributed by atoms with Crippen LogP contribution in [0.3, 0.4) is 0 Å². The van der Waals surface area contributed by atoms with E-state index in [9.17, 15) is 31.9 Å². The van der Waals surface area contributed by atoms with Crippen molar-refractivity contribution >= 4 is 51.8 Å². The Hall–Kier alpha value is -8.11. The van der Waals surface area contributed by atoms with Gasteiger partial charge in [-0.3, -0.25) is 19.3 Å². The number of hydrogen-bond donors (Lipinski definition) is 2. The van der Waals surface area contributed by atoms with Gasteiger partial charge in [-0.1, -0.05) is 109 Å². The first-order valence-electron chi connectivity index (χ1n) is 24.2. The van der Waals surface area contributed by atoms with E-state index in [0.29, 0.717) is 79.5 Å². The van der Waals surface area contributed by atoms with Crippen LogP contribution in [0.4, 0.5) is 29.5 Å². The van der Waals surface area contributed by atoms with E-state index in [4.69, 9.17) is 11.5 Å². The van der Waals surface area contributed by atoms with Crippen molar-refractivity contribution in [2.45, 2.75) is 76.7 Å². The largest absolute Gasteiger partial charge is 0.368 e. The Morgan fingerprint density at radius 3 is 1.45 bits per heavy atom. The molecule has 1 saturated carbocycles. The van der Waals surface area contributed by atoms with E-state index in [1.54, 1.807) is 26.8 Å². The molecular weight excluding hydrogens is 935 g/mol. The molecule has 4 N–H and O–H groups in total. The monoisotopic (exact) mass is 985 g/mol. The van der Waals surface area contributed by atoms with E-state index in [-0.39, 0.29) is 60.9 Å². The van der Waals surface area contributed by atoms with Crippen molar-refractivity contribution in [2.75, 3.05) is 24.6 Å². The van der Waals surface area contributed by atoms with Gasteiger partial charge in [0.2, 0.25) is 17.8 Å². The number of hydrogen-bond acceptors (Lipinski definition) is 10. The Morgan fingerprint density at radius 2 is 1.00 bits per heavy atom. The first-order chi connectivity index (χ1) is 35.2. The molecule has 8 aromatic rings. The van der Waals surface area contributed by atoms with Crippen LogP contribution in [0.5, 0.6) is 0 Å². The number of nitrogens with zero attached hydrogens (tertiary/aromatic N) is 7. The summed E-state index contributed by atoms with van der Waals surface area (Å²) in [7, 11) is 0. The molecule has 0 radical (unpaired) electrons. The quantitative estimate of drug-likeness (QED) is 0.116. The van der Waals surface area contributed by atoms with Crippen LogP contribution in [-0.2, 0) is 32.7 Å². The highest BCUT2D eigenvalue weighted by Crippen LogP contribution is 2.36. The molecule has 12 nitrogen and oxygen atoms in total. The maximum Gasteiger partial charge on any atom is 0.273 e. The van der Waals surface area contributed by atoms with Crippen LogP contribution in [0.25, 0.3) is 44.1 Å². The van der Waals surface area contributed by atoms with E-state index in [1.165, 1.54) is 0 Å². The van der Waals surface area contributed by atoms with Gasteiger partial charge in [-0.05, 0) is 87.2 Å². The minimum absolute atomic E-state index is 0.0469. The predicted octanol–water partition coefficient (Wildman–Crippen LogP) is 10.9. The van der Waals surface area contributed by atoms with Crippen molar-refractivity contribution < 1.29 is 31.9 Å². The van der Waals surface area contributed by atoms with Crippen LogP contribution in [0.1, 0.15) is 91.3 Å². The molecule has 6 aromatic carbocycles. The van der Waals surface area contributed by atoms with E-state index >= 15 is 0 Å². The number of nitrogens with two attached hydrogens (primary N) is 2. The third-order valence-electron chi connectivity index (χ3n) is 13.8. The molecule has 1 saturated heterocycles. The second kappa shape index (κ2) is 20.2. The molecule has 0 bridgehead atoms. The fourth-order valence-corrected chi connectivity index (χ4v) is 10.1. The van der Waals surface area contributed by atoms with Crippen LogP contribution in [0, 0.1) is 0 Å². The molecule has 16 heteroatoms. The summed E-state index contributed by atoms with van der Waals surface area (Å²) in [6, 6.07) is 42.3. The second-order valence-corrected chi connectivity index (χ2v) is 18.9.